The summed E-state index contributed by atoms with van der Waals surface area (Å²) in [7, 11) is 0. The third-order valence-corrected chi connectivity index (χ3v) is 4.15. The Morgan fingerprint density at radius 1 is 1.50 bits per heavy atom. The summed E-state index contributed by atoms with van der Waals surface area (Å²) in [5, 5.41) is 15.5. The third-order valence-electron chi connectivity index (χ3n) is 4.15. The molecule has 2 bridgehead atoms. The van der Waals surface area contributed by atoms with Crippen LogP contribution in [-0.2, 0) is 4.79 Å². The number of carbonyl (C=O) groups excluding carboxylic acids is 1. The molecule has 0 aliphatic carbocycles. The molecule has 2 rings (SSSR count). The molecule has 2 aliphatic rings. The van der Waals surface area contributed by atoms with E-state index in [1.54, 1.807) is 0 Å². The second-order valence-corrected chi connectivity index (χ2v) is 5.35. The number of nitrogens with one attached hydrogen (secondary N) is 2. The summed E-state index contributed by atoms with van der Waals surface area (Å²) in [6.45, 7) is 4.03. The predicted molar refractivity (Wildman–Crippen MR) is 61.9 cm³/mol. The maximum absolute atomic E-state index is 12.0. The van der Waals surface area contributed by atoms with Crippen LogP contribution in [0.4, 0.5) is 0 Å². The lowest BCUT2D eigenvalue weighted by molar-refractivity contribution is -0.126. The van der Waals surface area contributed by atoms with Crippen molar-refractivity contribution >= 4 is 5.91 Å². The van der Waals surface area contributed by atoms with Gasteiger partial charge >= 0.3 is 0 Å². The number of aliphatic hydroxyl groups excluding tert-OH is 1. The maximum atomic E-state index is 12.0. The van der Waals surface area contributed by atoms with E-state index in [0.717, 1.165) is 12.8 Å². The molecule has 0 spiro atoms. The van der Waals surface area contributed by atoms with Gasteiger partial charge in [0, 0.05) is 24.7 Å². The van der Waals surface area contributed by atoms with Gasteiger partial charge in [-0.15, -0.1) is 0 Å². The molecule has 5 unspecified atom stereocenters. The Balaban J connectivity index is 1.84. The van der Waals surface area contributed by atoms with Crippen LogP contribution >= 0.6 is 0 Å². The van der Waals surface area contributed by atoms with Crippen LogP contribution in [0.15, 0.2) is 0 Å². The van der Waals surface area contributed by atoms with E-state index in [9.17, 15) is 4.79 Å². The van der Waals surface area contributed by atoms with Crippen molar-refractivity contribution < 1.29 is 9.90 Å². The number of rotatable bonds is 4. The fourth-order valence-electron chi connectivity index (χ4n) is 2.75. The fraction of sp³-hybridized carbons (Fsp3) is 0.917. The third kappa shape index (κ3) is 2.23. The van der Waals surface area contributed by atoms with Crippen LogP contribution in [0.25, 0.3) is 0 Å². The Morgan fingerprint density at radius 2 is 2.25 bits per heavy atom. The van der Waals surface area contributed by atoms with E-state index < -0.39 is 0 Å². The molecule has 16 heavy (non-hydrogen) atoms. The topological polar surface area (TPSA) is 61.4 Å². The Morgan fingerprint density at radius 3 is 2.75 bits per heavy atom. The highest BCUT2D eigenvalue weighted by Gasteiger charge is 2.42. The Hall–Kier alpha value is -0.610. The summed E-state index contributed by atoms with van der Waals surface area (Å²) in [5.41, 5.74) is 0. The highest BCUT2D eigenvalue weighted by atomic mass is 16.3. The minimum absolute atomic E-state index is 0.0524. The monoisotopic (exact) mass is 226 g/mol. The fourth-order valence-corrected chi connectivity index (χ4v) is 2.75. The van der Waals surface area contributed by atoms with Gasteiger partial charge in [-0.3, -0.25) is 4.79 Å². The van der Waals surface area contributed by atoms with E-state index in [1.807, 2.05) is 13.8 Å². The van der Waals surface area contributed by atoms with E-state index in [4.69, 9.17) is 5.11 Å². The molecule has 2 fully saturated rings. The molecule has 0 radical (unpaired) electrons. The summed E-state index contributed by atoms with van der Waals surface area (Å²) >= 11 is 0. The Kier molecular flexibility index (Phi) is 3.50. The van der Waals surface area contributed by atoms with Gasteiger partial charge in [-0.25, -0.2) is 0 Å². The van der Waals surface area contributed by atoms with Crippen LogP contribution in [-0.4, -0.2) is 35.7 Å². The number of amides is 1. The van der Waals surface area contributed by atoms with Crippen molar-refractivity contribution in [3.05, 3.63) is 0 Å². The average Bonchev–Trinajstić information content (AvgIpc) is 2.89. The lowest BCUT2D eigenvalue weighted by Crippen LogP contribution is -2.44. The SMILES string of the molecule is CC(CO)C(C)NC(=O)C1CC2CCC1N2. The first-order valence-electron chi connectivity index (χ1n) is 6.29. The van der Waals surface area contributed by atoms with Gasteiger partial charge in [0.05, 0.1) is 5.92 Å². The number of aliphatic hydroxyl groups is 1. The molecule has 1 amide bonds. The second kappa shape index (κ2) is 4.72. The number of hydrogen-bond acceptors (Lipinski definition) is 3. The van der Waals surface area contributed by atoms with Crippen molar-refractivity contribution in [1.82, 2.24) is 10.6 Å². The molecule has 0 aromatic heterocycles. The van der Waals surface area contributed by atoms with E-state index in [0.29, 0.717) is 12.1 Å². The summed E-state index contributed by atoms with van der Waals surface area (Å²) in [6, 6.07) is 1.00. The Labute approximate surface area is 96.8 Å². The summed E-state index contributed by atoms with van der Waals surface area (Å²) in [6.07, 6.45) is 3.33. The van der Waals surface area contributed by atoms with E-state index in [1.165, 1.54) is 6.42 Å². The highest BCUT2D eigenvalue weighted by Crippen LogP contribution is 2.33. The molecule has 0 aromatic carbocycles. The van der Waals surface area contributed by atoms with Crippen LogP contribution in [0.5, 0.6) is 0 Å². The van der Waals surface area contributed by atoms with Gasteiger partial charge in [0.25, 0.3) is 0 Å². The first-order valence-corrected chi connectivity index (χ1v) is 6.29. The Bertz CT molecular complexity index is 270. The van der Waals surface area contributed by atoms with Crippen molar-refractivity contribution in [1.29, 1.82) is 0 Å². The molecule has 0 saturated carbocycles. The molecule has 2 saturated heterocycles. The molecule has 92 valence electrons. The number of fused-ring (bicyclic) bond motifs is 2. The zero-order chi connectivity index (χ0) is 11.7. The summed E-state index contributed by atoms with van der Waals surface area (Å²) < 4.78 is 0. The van der Waals surface area contributed by atoms with Gasteiger partial charge in [-0.05, 0) is 32.1 Å². The molecule has 3 N–H and O–H groups in total. The van der Waals surface area contributed by atoms with Crippen LogP contribution in [0, 0.1) is 11.8 Å². The van der Waals surface area contributed by atoms with Crippen molar-refractivity contribution in [2.45, 2.75) is 51.2 Å². The molecule has 2 aliphatic heterocycles. The standard InChI is InChI=1S/C12H22N2O2/c1-7(6-15)8(2)13-12(16)10-5-9-3-4-11(10)14-9/h7-11,14-15H,3-6H2,1-2H3,(H,13,16). The lowest BCUT2D eigenvalue weighted by atomic mass is 9.88. The minimum atomic E-state index is 0.0524. The lowest BCUT2D eigenvalue weighted by Gasteiger charge is -2.24. The first-order chi connectivity index (χ1) is 7.61. The summed E-state index contributed by atoms with van der Waals surface area (Å²) in [5.74, 6) is 0.426. The van der Waals surface area contributed by atoms with E-state index in [2.05, 4.69) is 10.6 Å². The second-order valence-electron chi connectivity index (χ2n) is 5.35. The molecule has 2 heterocycles. The van der Waals surface area contributed by atoms with E-state index >= 15 is 0 Å². The van der Waals surface area contributed by atoms with Crippen LogP contribution < -0.4 is 10.6 Å². The van der Waals surface area contributed by atoms with Gasteiger partial charge in [0.15, 0.2) is 0 Å². The average molecular weight is 226 g/mol. The van der Waals surface area contributed by atoms with Gasteiger partial charge in [0.1, 0.15) is 0 Å². The van der Waals surface area contributed by atoms with Gasteiger partial charge < -0.3 is 15.7 Å². The molecule has 5 atom stereocenters. The van der Waals surface area contributed by atoms with E-state index in [-0.39, 0.29) is 30.4 Å². The maximum Gasteiger partial charge on any atom is 0.224 e. The van der Waals surface area contributed by atoms with Crippen molar-refractivity contribution in [2.75, 3.05) is 6.61 Å². The van der Waals surface area contributed by atoms with Crippen molar-refractivity contribution in [2.24, 2.45) is 11.8 Å². The zero-order valence-corrected chi connectivity index (χ0v) is 10.1. The highest BCUT2D eigenvalue weighted by molar-refractivity contribution is 5.80. The van der Waals surface area contributed by atoms with Crippen molar-refractivity contribution in [3.8, 4) is 0 Å². The van der Waals surface area contributed by atoms with Gasteiger partial charge in [-0.2, -0.15) is 0 Å². The van der Waals surface area contributed by atoms with Crippen LogP contribution in [0.2, 0.25) is 0 Å². The molecule has 0 aromatic rings. The summed E-state index contributed by atoms with van der Waals surface area (Å²) in [4.78, 5) is 12.0. The molecule has 4 nitrogen and oxygen atoms in total. The van der Waals surface area contributed by atoms with Crippen molar-refractivity contribution in [3.63, 3.8) is 0 Å². The minimum Gasteiger partial charge on any atom is -0.396 e. The number of carbonyl (C=O) groups is 1. The van der Waals surface area contributed by atoms with Gasteiger partial charge in [0.2, 0.25) is 5.91 Å². The quantitative estimate of drug-likeness (QED) is 0.644. The first kappa shape index (κ1) is 11.9. The molecular weight excluding hydrogens is 204 g/mol. The largest absolute Gasteiger partial charge is 0.396 e. The van der Waals surface area contributed by atoms with Crippen LogP contribution in [0.3, 0.4) is 0 Å². The zero-order valence-electron chi connectivity index (χ0n) is 10.1. The molecule has 4 heteroatoms. The molecular formula is C12H22N2O2. The van der Waals surface area contributed by atoms with Crippen LogP contribution in [0.1, 0.15) is 33.1 Å². The normalized spacial score (nSPS) is 36.1. The smallest absolute Gasteiger partial charge is 0.224 e. The predicted octanol–water partition coefficient (Wildman–Crippen LogP) is 0.260. The van der Waals surface area contributed by atoms with Gasteiger partial charge in [-0.1, -0.05) is 6.92 Å². The number of hydrogen-bond donors (Lipinski definition) is 3.